The normalized spacial score (nSPS) is 34.5. The van der Waals surface area contributed by atoms with Gasteiger partial charge in [0.05, 0.1) is 5.54 Å². The summed E-state index contributed by atoms with van der Waals surface area (Å²) < 4.78 is 0. The lowest BCUT2D eigenvalue weighted by Gasteiger charge is -2.46. The minimum absolute atomic E-state index is 0.0161. The van der Waals surface area contributed by atoms with Crippen LogP contribution in [0.15, 0.2) is 23.9 Å². The summed E-state index contributed by atoms with van der Waals surface area (Å²) in [6, 6.07) is 0. The molecule has 0 aromatic heterocycles. The van der Waals surface area contributed by atoms with E-state index in [9.17, 15) is 0 Å². The molecule has 1 rings (SSSR count). The molecule has 2 nitrogen and oxygen atoms in total. The van der Waals surface area contributed by atoms with Crippen LogP contribution in [0.3, 0.4) is 0 Å². The van der Waals surface area contributed by atoms with Gasteiger partial charge in [0.25, 0.3) is 0 Å². The van der Waals surface area contributed by atoms with E-state index in [1.54, 1.807) is 0 Å². The Morgan fingerprint density at radius 1 is 1.38 bits per heavy atom. The van der Waals surface area contributed by atoms with Gasteiger partial charge in [-0.1, -0.05) is 39.8 Å². The Bertz CT molecular complexity index is 258. The van der Waals surface area contributed by atoms with Crippen LogP contribution in [0.25, 0.3) is 0 Å². The molecule has 0 aliphatic heterocycles. The van der Waals surface area contributed by atoms with Crippen LogP contribution in [0, 0.1) is 11.3 Å². The summed E-state index contributed by atoms with van der Waals surface area (Å²) >= 11 is 0. The van der Waals surface area contributed by atoms with Gasteiger partial charge >= 0.3 is 0 Å². The van der Waals surface area contributed by atoms with Crippen LogP contribution in [0.4, 0.5) is 0 Å². The summed E-state index contributed by atoms with van der Waals surface area (Å²) in [6.45, 7) is 8.50. The highest BCUT2D eigenvalue weighted by molar-refractivity contribution is 5.32. The maximum Gasteiger partial charge on any atom is 0.0665 e. The zero-order chi connectivity index (χ0) is 10.3. The third-order valence-corrected chi connectivity index (χ3v) is 3.11. The Morgan fingerprint density at radius 3 is 2.23 bits per heavy atom. The van der Waals surface area contributed by atoms with Gasteiger partial charge < -0.3 is 11.5 Å². The zero-order valence-electron chi connectivity index (χ0n) is 8.96. The molecule has 13 heavy (non-hydrogen) atoms. The molecule has 0 radical (unpaired) electrons. The first-order valence-corrected chi connectivity index (χ1v) is 4.73. The molecule has 2 unspecified atom stereocenters. The predicted octanol–water partition coefficient (Wildman–Crippen LogP) is 1.78. The lowest BCUT2D eigenvalue weighted by Crippen LogP contribution is -2.59. The lowest BCUT2D eigenvalue weighted by atomic mass is 9.64. The molecule has 0 saturated carbocycles. The second-order valence-corrected chi connectivity index (χ2v) is 4.91. The third kappa shape index (κ3) is 1.39. The highest BCUT2D eigenvalue weighted by Crippen LogP contribution is 2.40. The van der Waals surface area contributed by atoms with Gasteiger partial charge in [-0.25, -0.2) is 0 Å². The molecule has 0 fully saturated rings. The minimum atomic E-state index is -0.415. The molecule has 1 aliphatic carbocycles. The molecule has 0 heterocycles. The third-order valence-electron chi connectivity index (χ3n) is 3.11. The van der Waals surface area contributed by atoms with E-state index in [0.717, 1.165) is 5.70 Å². The molecule has 74 valence electrons. The van der Waals surface area contributed by atoms with Gasteiger partial charge in [0, 0.05) is 5.70 Å². The van der Waals surface area contributed by atoms with Crippen LogP contribution in [-0.4, -0.2) is 5.54 Å². The number of nitrogens with two attached hydrogens (primary N) is 2. The first-order valence-electron chi connectivity index (χ1n) is 4.73. The van der Waals surface area contributed by atoms with Crippen molar-refractivity contribution in [1.29, 1.82) is 0 Å². The van der Waals surface area contributed by atoms with E-state index >= 15 is 0 Å². The van der Waals surface area contributed by atoms with Crippen LogP contribution in [0.1, 0.15) is 27.7 Å². The molecule has 0 saturated heterocycles. The Balaban J connectivity index is 3.15. The average molecular weight is 180 g/mol. The van der Waals surface area contributed by atoms with E-state index in [2.05, 4.69) is 33.8 Å². The Morgan fingerprint density at radius 2 is 1.92 bits per heavy atom. The van der Waals surface area contributed by atoms with Crippen molar-refractivity contribution in [2.75, 3.05) is 0 Å². The topological polar surface area (TPSA) is 52.0 Å². The minimum Gasteiger partial charge on any atom is -0.400 e. The molecule has 0 aromatic rings. The SMILES string of the molecule is CC1C=CC=C(N)C1(N)C(C)(C)C. The highest BCUT2D eigenvalue weighted by atomic mass is 14.9. The summed E-state index contributed by atoms with van der Waals surface area (Å²) in [5.41, 5.74) is 12.7. The molecule has 1 aliphatic rings. The van der Waals surface area contributed by atoms with Crippen molar-refractivity contribution in [1.82, 2.24) is 0 Å². The summed E-state index contributed by atoms with van der Waals surface area (Å²) in [7, 11) is 0. The van der Waals surface area contributed by atoms with Crippen molar-refractivity contribution in [3.05, 3.63) is 23.9 Å². The van der Waals surface area contributed by atoms with Gasteiger partial charge in [0.1, 0.15) is 0 Å². The quantitative estimate of drug-likeness (QED) is 0.597. The van der Waals surface area contributed by atoms with Gasteiger partial charge in [-0.2, -0.15) is 0 Å². The van der Waals surface area contributed by atoms with Crippen molar-refractivity contribution < 1.29 is 0 Å². The van der Waals surface area contributed by atoms with Crippen molar-refractivity contribution in [2.24, 2.45) is 22.8 Å². The summed E-state index contributed by atoms with van der Waals surface area (Å²) in [4.78, 5) is 0. The molecule has 0 amide bonds. The van der Waals surface area contributed by atoms with Gasteiger partial charge in [-0.05, 0) is 17.4 Å². The molecule has 0 spiro atoms. The zero-order valence-corrected chi connectivity index (χ0v) is 8.96. The Hall–Kier alpha value is -0.760. The van der Waals surface area contributed by atoms with E-state index in [4.69, 9.17) is 11.5 Å². The Labute approximate surface area is 80.7 Å². The van der Waals surface area contributed by atoms with Crippen LogP contribution in [-0.2, 0) is 0 Å². The monoisotopic (exact) mass is 180 g/mol. The molecule has 0 aromatic carbocycles. The highest BCUT2D eigenvalue weighted by Gasteiger charge is 2.44. The van der Waals surface area contributed by atoms with Crippen LogP contribution < -0.4 is 11.5 Å². The Kier molecular flexibility index (Phi) is 2.28. The van der Waals surface area contributed by atoms with E-state index < -0.39 is 5.54 Å². The van der Waals surface area contributed by atoms with Crippen LogP contribution in [0.2, 0.25) is 0 Å². The number of hydrogen-bond acceptors (Lipinski definition) is 2. The fraction of sp³-hybridized carbons (Fsp3) is 0.636. The molecular weight excluding hydrogens is 160 g/mol. The molecule has 0 bridgehead atoms. The van der Waals surface area contributed by atoms with Gasteiger partial charge in [0.2, 0.25) is 0 Å². The van der Waals surface area contributed by atoms with Crippen molar-refractivity contribution >= 4 is 0 Å². The average Bonchev–Trinajstić information content (AvgIpc) is 1.97. The van der Waals surface area contributed by atoms with E-state index in [1.807, 2.05) is 12.2 Å². The summed E-state index contributed by atoms with van der Waals surface area (Å²) in [6.07, 6.45) is 6.00. The maximum absolute atomic E-state index is 6.38. The predicted molar refractivity (Wildman–Crippen MR) is 56.9 cm³/mol. The smallest absolute Gasteiger partial charge is 0.0665 e. The first kappa shape index (κ1) is 10.3. The fourth-order valence-electron chi connectivity index (χ4n) is 1.99. The maximum atomic E-state index is 6.38. The first-order chi connectivity index (χ1) is 5.80. The number of hydrogen-bond donors (Lipinski definition) is 2. The van der Waals surface area contributed by atoms with Crippen LogP contribution in [0.5, 0.6) is 0 Å². The fourth-order valence-corrected chi connectivity index (χ4v) is 1.99. The molecule has 2 heteroatoms. The van der Waals surface area contributed by atoms with Gasteiger partial charge in [-0.15, -0.1) is 0 Å². The lowest BCUT2D eigenvalue weighted by molar-refractivity contribution is 0.178. The second-order valence-electron chi connectivity index (χ2n) is 4.91. The number of allylic oxidation sites excluding steroid dienone is 2. The molecule has 2 atom stereocenters. The van der Waals surface area contributed by atoms with Gasteiger partial charge in [0.15, 0.2) is 0 Å². The second kappa shape index (κ2) is 2.88. The van der Waals surface area contributed by atoms with E-state index in [1.165, 1.54) is 0 Å². The van der Waals surface area contributed by atoms with Crippen LogP contribution >= 0.6 is 0 Å². The van der Waals surface area contributed by atoms with E-state index in [-0.39, 0.29) is 11.3 Å². The van der Waals surface area contributed by atoms with Gasteiger partial charge in [-0.3, -0.25) is 0 Å². The van der Waals surface area contributed by atoms with Crippen molar-refractivity contribution in [2.45, 2.75) is 33.2 Å². The largest absolute Gasteiger partial charge is 0.400 e. The van der Waals surface area contributed by atoms with Crippen molar-refractivity contribution in [3.63, 3.8) is 0 Å². The van der Waals surface area contributed by atoms with Crippen molar-refractivity contribution in [3.8, 4) is 0 Å². The summed E-state index contributed by atoms with van der Waals surface area (Å²) in [5.74, 6) is 0.289. The molecular formula is C11H20N2. The standard InChI is InChI=1S/C11H20N2/c1-8-6-5-7-9(12)11(8,13)10(2,3)4/h5-8H,12-13H2,1-4H3. The molecule has 4 N–H and O–H groups in total. The number of rotatable bonds is 0. The van der Waals surface area contributed by atoms with E-state index in [0.29, 0.717) is 0 Å². The summed E-state index contributed by atoms with van der Waals surface area (Å²) in [5, 5.41) is 0.